The molecule has 2 N–H and O–H groups in total. The van der Waals surface area contributed by atoms with Gasteiger partial charge in [0.25, 0.3) is 0 Å². The van der Waals surface area contributed by atoms with E-state index in [1.807, 2.05) is 6.07 Å². The summed E-state index contributed by atoms with van der Waals surface area (Å²) in [5.41, 5.74) is 1.98. The SMILES string of the molecule is Cc1cc2sc(NC(=O)NCc3ccnn3C)nc2cc1F. The average molecular weight is 319 g/mol. The van der Waals surface area contributed by atoms with Crippen LogP contribution in [-0.4, -0.2) is 20.8 Å². The Balaban J connectivity index is 1.67. The van der Waals surface area contributed by atoms with Crippen molar-refractivity contribution in [1.29, 1.82) is 0 Å². The van der Waals surface area contributed by atoms with Crippen LogP contribution in [-0.2, 0) is 13.6 Å². The third-order valence-corrected chi connectivity index (χ3v) is 4.18. The maximum atomic E-state index is 13.5. The van der Waals surface area contributed by atoms with Gasteiger partial charge in [-0.3, -0.25) is 10.00 Å². The molecule has 0 fully saturated rings. The van der Waals surface area contributed by atoms with Crippen molar-refractivity contribution in [3.63, 3.8) is 0 Å². The quantitative estimate of drug-likeness (QED) is 0.780. The van der Waals surface area contributed by atoms with Gasteiger partial charge >= 0.3 is 6.03 Å². The number of fused-ring (bicyclic) bond motifs is 1. The monoisotopic (exact) mass is 319 g/mol. The Hall–Kier alpha value is -2.48. The lowest BCUT2D eigenvalue weighted by Gasteiger charge is -2.05. The van der Waals surface area contributed by atoms with Crippen molar-refractivity contribution in [1.82, 2.24) is 20.1 Å². The molecule has 0 aliphatic heterocycles. The number of aryl methyl sites for hydroxylation is 2. The van der Waals surface area contributed by atoms with Gasteiger partial charge in [-0.25, -0.2) is 14.2 Å². The zero-order valence-electron chi connectivity index (χ0n) is 12.1. The highest BCUT2D eigenvalue weighted by atomic mass is 32.1. The molecule has 2 heterocycles. The fourth-order valence-electron chi connectivity index (χ4n) is 1.99. The van der Waals surface area contributed by atoms with E-state index >= 15 is 0 Å². The van der Waals surface area contributed by atoms with E-state index < -0.39 is 0 Å². The molecule has 0 saturated heterocycles. The second-order valence-electron chi connectivity index (χ2n) is 4.84. The maximum absolute atomic E-state index is 13.5. The van der Waals surface area contributed by atoms with Crippen LogP contribution in [0.1, 0.15) is 11.3 Å². The van der Waals surface area contributed by atoms with Crippen molar-refractivity contribution in [3.05, 3.63) is 41.5 Å². The van der Waals surface area contributed by atoms with Crippen molar-refractivity contribution in [2.75, 3.05) is 5.32 Å². The molecular weight excluding hydrogens is 305 g/mol. The van der Waals surface area contributed by atoms with E-state index in [0.29, 0.717) is 22.8 Å². The third kappa shape index (κ3) is 2.91. The summed E-state index contributed by atoms with van der Waals surface area (Å²) in [4.78, 5) is 16.1. The summed E-state index contributed by atoms with van der Waals surface area (Å²) in [6, 6.07) is 4.56. The number of nitrogens with zero attached hydrogens (tertiary/aromatic N) is 3. The molecule has 0 aliphatic carbocycles. The molecule has 6 nitrogen and oxygen atoms in total. The fourth-order valence-corrected chi connectivity index (χ4v) is 2.93. The molecule has 2 aromatic heterocycles. The lowest BCUT2D eigenvalue weighted by atomic mass is 10.2. The second kappa shape index (κ2) is 5.72. The van der Waals surface area contributed by atoms with E-state index in [4.69, 9.17) is 0 Å². The van der Waals surface area contributed by atoms with Crippen LogP contribution in [0.5, 0.6) is 0 Å². The molecule has 0 spiro atoms. The minimum Gasteiger partial charge on any atom is -0.332 e. The van der Waals surface area contributed by atoms with Crippen molar-refractivity contribution in [2.45, 2.75) is 13.5 Å². The number of carbonyl (C=O) groups excluding carboxylic acids is 1. The number of anilines is 1. The number of halogens is 1. The van der Waals surface area contributed by atoms with Gasteiger partial charge in [-0.05, 0) is 24.6 Å². The number of aromatic nitrogens is 3. The highest BCUT2D eigenvalue weighted by Crippen LogP contribution is 2.27. The number of nitrogens with one attached hydrogen (secondary N) is 2. The molecule has 1 aromatic carbocycles. The molecule has 0 bridgehead atoms. The van der Waals surface area contributed by atoms with E-state index in [1.165, 1.54) is 17.4 Å². The first-order valence-electron chi connectivity index (χ1n) is 6.61. The first kappa shape index (κ1) is 14.5. The molecule has 3 aromatic rings. The van der Waals surface area contributed by atoms with Gasteiger partial charge in [0, 0.05) is 19.3 Å². The zero-order valence-corrected chi connectivity index (χ0v) is 12.9. The Labute approximate surface area is 130 Å². The number of amides is 2. The standard InChI is InChI=1S/C14H14FN5OS/c1-8-5-12-11(6-10(8)15)18-14(22-12)19-13(21)16-7-9-3-4-17-20(9)2/h3-6H,7H2,1-2H3,(H2,16,18,19,21). The van der Waals surface area contributed by atoms with Gasteiger partial charge in [0.2, 0.25) is 0 Å². The van der Waals surface area contributed by atoms with Gasteiger partial charge in [-0.15, -0.1) is 0 Å². The van der Waals surface area contributed by atoms with E-state index in [2.05, 4.69) is 20.7 Å². The maximum Gasteiger partial charge on any atom is 0.321 e. The highest BCUT2D eigenvalue weighted by Gasteiger charge is 2.10. The highest BCUT2D eigenvalue weighted by molar-refractivity contribution is 7.22. The predicted octanol–water partition coefficient (Wildman–Crippen LogP) is 2.80. The number of hydrogen-bond donors (Lipinski definition) is 2. The Morgan fingerprint density at radius 2 is 2.27 bits per heavy atom. The molecule has 0 saturated carbocycles. The van der Waals surface area contributed by atoms with Crippen LogP contribution in [0.25, 0.3) is 10.2 Å². The Morgan fingerprint density at radius 1 is 1.45 bits per heavy atom. The topological polar surface area (TPSA) is 71.8 Å². The van der Waals surface area contributed by atoms with Crippen LogP contribution in [0.3, 0.4) is 0 Å². The Bertz CT molecular complexity index is 802. The molecule has 8 heteroatoms. The van der Waals surface area contributed by atoms with Crippen LogP contribution < -0.4 is 10.6 Å². The summed E-state index contributed by atoms with van der Waals surface area (Å²) in [7, 11) is 1.80. The molecular formula is C14H14FN5OS. The van der Waals surface area contributed by atoms with Gasteiger partial charge in [0.05, 0.1) is 22.5 Å². The van der Waals surface area contributed by atoms with Crippen LogP contribution in [0.15, 0.2) is 24.4 Å². The predicted molar refractivity (Wildman–Crippen MR) is 83.4 cm³/mol. The number of urea groups is 1. The lowest BCUT2D eigenvalue weighted by molar-refractivity contribution is 0.251. The lowest BCUT2D eigenvalue weighted by Crippen LogP contribution is -2.28. The Morgan fingerprint density at radius 3 is 3.00 bits per heavy atom. The third-order valence-electron chi connectivity index (χ3n) is 3.24. The average Bonchev–Trinajstić information content (AvgIpc) is 3.03. The van der Waals surface area contributed by atoms with Gasteiger partial charge in [0.15, 0.2) is 5.13 Å². The summed E-state index contributed by atoms with van der Waals surface area (Å²) in [6.45, 7) is 2.06. The summed E-state index contributed by atoms with van der Waals surface area (Å²) in [5.74, 6) is -0.301. The van der Waals surface area contributed by atoms with Gasteiger partial charge in [-0.2, -0.15) is 5.10 Å². The molecule has 0 radical (unpaired) electrons. The molecule has 0 aliphatic rings. The summed E-state index contributed by atoms with van der Waals surface area (Å²) in [5, 5.41) is 9.84. The minimum atomic E-state index is -0.363. The number of carbonyl (C=O) groups is 1. The van der Waals surface area contributed by atoms with Gasteiger partial charge in [0.1, 0.15) is 5.82 Å². The normalized spacial score (nSPS) is 10.9. The van der Waals surface area contributed by atoms with Crippen LogP contribution >= 0.6 is 11.3 Å². The largest absolute Gasteiger partial charge is 0.332 e. The van der Waals surface area contributed by atoms with Crippen molar-refractivity contribution in [2.24, 2.45) is 7.05 Å². The number of thiazole rings is 1. The fraction of sp³-hybridized carbons (Fsp3) is 0.214. The summed E-state index contributed by atoms with van der Waals surface area (Å²) in [6.07, 6.45) is 1.67. The van der Waals surface area contributed by atoms with Crippen molar-refractivity contribution < 1.29 is 9.18 Å². The first-order valence-corrected chi connectivity index (χ1v) is 7.43. The minimum absolute atomic E-state index is 0.301. The molecule has 114 valence electrons. The molecule has 2 amide bonds. The van der Waals surface area contributed by atoms with Crippen molar-refractivity contribution in [3.8, 4) is 0 Å². The van der Waals surface area contributed by atoms with Crippen LogP contribution in [0, 0.1) is 12.7 Å². The summed E-state index contributed by atoms with van der Waals surface area (Å²) >= 11 is 1.31. The first-order chi connectivity index (χ1) is 10.5. The van der Waals surface area contributed by atoms with E-state index in [1.54, 1.807) is 30.9 Å². The molecule has 0 unspecified atom stereocenters. The van der Waals surface area contributed by atoms with E-state index in [0.717, 1.165) is 10.4 Å². The van der Waals surface area contributed by atoms with E-state index in [-0.39, 0.29) is 11.8 Å². The smallest absolute Gasteiger partial charge is 0.321 e. The van der Waals surface area contributed by atoms with Crippen LogP contribution in [0.4, 0.5) is 14.3 Å². The molecule has 0 atom stereocenters. The number of rotatable bonds is 3. The second-order valence-corrected chi connectivity index (χ2v) is 5.87. The van der Waals surface area contributed by atoms with E-state index in [9.17, 15) is 9.18 Å². The van der Waals surface area contributed by atoms with Gasteiger partial charge < -0.3 is 5.32 Å². The van der Waals surface area contributed by atoms with Crippen LogP contribution in [0.2, 0.25) is 0 Å². The Kier molecular flexibility index (Phi) is 3.76. The summed E-state index contributed by atoms with van der Waals surface area (Å²) < 4.78 is 16.0. The zero-order chi connectivity index (χ0) is 15.7. The molecule has 3 rings (SSSR count). The number of benzene rings is 1. The van der Waals surface area contributed by atoms with Crippen molar-refractivity contribution >= 4 is 32.7 Å². The molecule has 22 heavy (non-hydrogen) atoms. The number of hydrogen-bond acceptors (Lipinski definition) is 4. The van der Waals surface area contributed by atoms with Gasteiger partial charge in [-0.1, -0.05) is 11.3 Å².